The molecule has 0 aromatic heterocycles. The smallest absolute Gasteiger partial charge is 0.257 e. The number of nitrogens with one attached hydrogen (secondary N) is 2. The summed E-state index contributed by atoms with van der Waals surface area (Å²) in [5.41, 5.74) is 1.14. The van der Waals surface area contributed by atoms with Crippen LogP contribution in [-0.2, 0) is 0 Å². The number of hydrogen-bond acceptors (Lipinski definition) is 4. The molecule has 0 spiro atoms. The van der Waals surface area contributed by atoms with Crippen molar-refractivity contribution in [2.75, 3.05) is 19.0 Å². The third-order valence-electron chi connectivity index (χ3n) is 3.72. The summed E-state index contributed by atoms with van der Waals surface area (Å²) in [6.07, 6.45) is 0.984. The van der Waals surface area contributed by atoms with Gasteiger partial charge in [-0.2, -0.15) is 0 Å². The van der Waals surface area contributed by atoms with E-state index < -0.39 is 0 Å². The first-order valence-electron chi connectivity index (χ1n) is 8.57. The number of amides is 1. The van der Waals surface area contributed by atoms with Crippen molar-refractivity contribution in [2.45, 2.75) is 20.3 Å². The van der Waals surface area contributed by atoms with Gasteiger partial charge in [-0.25, -0.2) is 0 Å². The van der Waals surface area contributed by atoms with E-state index in [1.807, 2.05) is 0 Å². The Bertz CT molecular complexity index is 794. The maximum atomic E-state index is 12.3. The molecular formula is C20H23ClN2O3S. The van der Waals surface area contributed by atoms with Gasteiger partial charge in [0.05, 0.1) is 18.7 Å². The molecule has 0 radical (unpaired) electrons. The van der Waals surface area contributed by atoms with Gasteiger partial charge in [0.2, 0.25) is 0 Å². The molecule has 0 bridgehead atoms. The number of carbonyl (C=O) groups excluding carboxylic acids is 1. The van der Waals surface area contributed by atoms with Gasteiger partial charge in [-0.05, 0) is 67.0 Å². The number of thiocarbonyl (C=S) groups is 1. The second kappa shape index (κ2) is 10.1. The largest absolute Gasteiger partial charge is 0.495 e. The van der Waals surface area contributed by atoms with E-state index in [2.05, 4.69) is 24.5 Å². The van der Waals surface area contributed by atoms with E-state index in [0.717, 1.165) is 12.2 Å². The van der Waals surface area contributed by atoms with Crippen molar-refractivity contribution in [1.29, 1.82) is 0 Å². The maximum Gasteiger partial charge on any atom is 0.257 e. The summed E-state index contributed by atoms with van der Waals surface area (Å²) >= 11 is 11.3. The minimum atomic E-state index is -0.305. The van der Waals surface area contributed by atoms with Gasteiger partial charge in [0.25, 0.3) is 5.91 Å². The highest BCUT2D eigenvalue weighted by Crippen LogP contribution is 2.27. The molecule has 5 nitrogen and oxygen atoms in total. The van der Waals surface area contributed by atoms with Crippen molar-refractivity contribution in [3.8, 4) is 11.5 Å². The first-order valence-corrected chi connectivity index (χ1v) is 9.36. The summed E-state index contributed by atoms with van der Waals surface area (Å²) in [4.78, 5) is 12.3. The molecule has 1 amide bonds. The SMILES string of the molecule is COc1ccc(NC(=S)NC(=O)c2ccc(OCCC(C)C)cc2)cc1Cl. The fraction of sp³-hybridized carbons (Fsp3) is 0.300. The molecular weight excluding hydrogens is 384 g/mol. The van der Waals surface area contributed by atoms with Gasteiger partial charge in [0, 0.05) is 11.3 Å². The van der Waals surface area contributed by atoms with Crippen LogP contribution in [0.5, 0.6) is 11.5 Å². The van der Waals surface area contributed by atoms with E-state index in [-0.39, 0.29) is 11.0 Å². The summed E-state index contributed by atoms with van der Waals surface area (Å²) < 4.78 is 10.7. The van der Waals surface area contributed by atoms with Crippen LogP contribution in [-0.4, -0.2) is 24.7 Å². The highest BCUT2D eigenvalue weighted by atomic mass is 35.5. The molecule has 27 heavy (non-hydrogen) atoms. The maximum absolute atomic E-state index is 12.3. The molecule has 2 rings (SSSR count). The van der Waals surface area contributed by atoms with E-state index >= 15 is 0 Å². The summed E-state index contributed by atoms with van der Waals surface area (Å²) in [6, 6.07) is 12.1. The Balaban J connectivity index is 1.88. The van der Waals surface area contributed by atoms with Crippen LogP contribution in [0.2, 0.25) is 5.02 Å². The normalized spacial score (nSPS) is 10.4. The molecule has 0 aliphatic heterocycles. The van der Waals surface area contributed by atoms with Crippen LogP contribution in [0.4, 0.5) is 5.69 Å². The second-order valence-corrected chi connectivity index (χ2v) is 7.13. The summed E-state index contributed by atoms with van der Waals surface area (Å²) in [5, 5.41) is 6.18. The molecule has 0 unspecified atom stereocenters. The molecule has 0 saturated heterocycles. The molecule has 0 saturated carbocycles. The second-order valence-electron chi connectivity index (χ2n) is 6.31. The van der Waals surface area contributed by atoms with Crippen LogP contribution in [0.25, 0.3) is 0 Å². The zero-order valence-corrected chi connectivity index (χ0v) is 17.1. The highest BCUT2D eigenvalue weighted by Gasteiger charge is 2.09. The number of benzene rings is 2. The van der Waals surface area contributed by atoms with Crippen molar-refractivity contribution in [3.63, 3.8) is 0 Å². The van der Waals surface area contributed by atoms with Crippen LogP contribution >= 0.6 is 23.8 Å². The van der Waals surface area contributed by atoms with E-state index in [4.69, 9.17) is 33.3 Å². The molecule has 2 aromatic carbocycles. The third-order valence-corrected chi connectivity index (χ3v) is 4.22. The Kier molecular flexibility index (Phi) is 7.88. The average molecular weight is 407 g/mol. The molecule has 0 heterocycles. The number of ether oxygens (including phenoxy) is 2. The molecule has 0 fully saturated rings. The monoisotopic (exact) mass is 406 g/mol. The lowest BCUT2D eigenvalue weighted by Gasteiger charge is -2.12. The highest BCUT2D eigenvalue weighted by molar-refractivity contribution is 7.80. The van der Waals surface area contributed by atoms with E-state index in [0.29, 0.717) is 34.5 Å². The topological polar surface area (TPSA) is 59.6 Å². The number of rotatable bonds is 7. The predicted octanol–water partition coefficient (Wildman–Crippen LogP) is 4.90. The van der Waals surface area contributed by atoms with Gasteiger partial charge >= 0.3 is 0 Å². The van der Waals surface area contributed by atoms with E-state index in [1.54, 1.807) is 49.6 Å². The quantitative estimate of drug-likeness (QED) is 0.640. The standard InChI is InChI=1S/C20H23ClN2O3S/c1-13(2)10-11-26-16-7-4-14(5-8-16)19(24)23-20(27)22-15-6-9-18(25-3)17(21)12-15/h4-9,12-13H,10-11H2,1-3H3,(H2,22,23,24,27). The Labute approximate surface area is 170 Å². The predicted molar refractivity (Wildman–Crippen MR) is 113 cm³/mol. The number of carbonyl (C=O) groups is 1. The summed E-state index contributed by atoms with van der Waals surface area (Å²) in [5.74, 6) is 1.58. The summed E-state index contributed by atoms with van der Waals surface area (Å²) in [7, 11) is 1.54. The Morgan fingerprint density at radius 3 is 2.48 bits per heavy atom. The minimum Gasteiger partial charge on any atom is -0.495 e. The van der Waals surface area contributed by atoms with Crippen molar-refractivity contribution in [2.24, 2.45) is 5.92 Å². The lowest BCUT2D eigenvalue weighted by atomic mass is 10.1. The van der Waals surface area contributed by atoms with Gasteiger partial charge in [0.15, 0.2) is 5.11 Å². The number of hydrogen-bond donors (Lipinski definition) is 2. The zero-order valence-electron chi connectivity index (χ0n) is 15.5. The van der Waals surface area contributed by atoms with Gasteiger partial charge in [0.1, 0.15) is 11.5 Å². The van der Waals surface area contributed by atoms with Crippen molar-refractivity contribution in [3.05, 3.63) is 53.1 Å². The molecule has 0 aliphatic rings. The number of halogens is 1. The van der Waals surface area contributed by atoms with Crippen molar-refractivity contribution in [1.82, 2.24) is 5.32 Å². The van der Waals surface area contributed by atoms with Crippen LogP contribution < -0.4 is 20.1 Å². The van der Waals surface area contributed by atoms with Crippen LogP contribution in [0.3, 0.4) is 0 Å². The van der Waals surface area contributed by atoms with Crippen LogP contribution in [0.15, 0.2) is 42.5 Å². The lowest BCUT2D eigenvalue weighted by molar-refractivity contribution is 0.0977. The van der Waals surface area contributed by atoms with Crippen LogP contribution in [0, 0.1) is 5.92 Å². The molecule has 7 heteroatoms. The van der Waals surface area contributed by atoms with Crippen molar-refractivity contribution < 1.29 is 14.3 Å². The molecule has 2 N–H and O–H groups in total. The lowest BCUT2D eigenvalue weighted by Crippen LogP contribution is -2.34. The van der Waals surface area contributed by atoms with Gasteiger partial charge < -0.3 is 14.8 Å². The fourth-order valence-corrected chi connectivity index (χ4v) is 2.67. The molecule has 144 valence electrons. The molecule has 0 aliphatic carbocycles. The number of anilines is 1. The first kappa shape index (κ1) is 21.0. The van der Waals surface area contributed by atoms with Crippen LogP contribution in [0.1, 0.15) is 30.6 Å². The third kappa shape index (κ3) is 6.73. The average Bonchev–Trinajstić information content (AvgIpc) is 2.62. The molecule has 2 aromatic rings. The van der Waals surface area contributed by atoms with Gasteiger partial charge in [-0.3, -0.25) is 10.1 Å². The van der Waals surface area contributed by atoms with Crippen molar-refractivity contribution >= 4 is 40.5 Å². The first-order chi connectivity index (χ1) is 12.9. The van der Waals surface area contributed by atoms with Gasteiger partial charge in [-0.1, -0.05) is 25.4 Å². The summed E-state index contributed by atoms with van der Waals surface area (Å²) in [6.45, 7) is 4.95. The molecule has 0 atom stereocenters. The Hall–Kier alpha value is -2.31. The minimum absolute atomic E-state index is 0.179. The Morgan fingerprint density at radius 2 is 1.89 bits per heavy atom. The Morgan fingerprint density at radius 1 is 1.19 bits per heavy atom. The zero-order chi connectivity index (χ0) is 19.8. The fourth-order valence-electron chi connectivity index (χ4n) is 2.20. The van der Waals surface area contributed by atoms with E-state index in [1.165, 1.54) is 0 Å². The van der Waals surface area contributed by atoms with Gasteiger partial charge in [-0.15, -0.1) is 0 Å². The van der Waals surface area contributed by atoms with E-state index in [9.17, 15) is 4.79 Å². The number of methoxy groups -OCH3 is 1.